The van der Waals surface area contributed by atoms with Gasteiger partial charge in [0.15, 0.2) is 5.75 Å². The Bertz CT molecular complexity index is 885. The predicted octanol–water partition coefficient (Wildman–Crippen LogP) is 3.50. The molecule has 0 aliphatic carbocycles. The van der Waals surface area contributed by atoms with E-state index in [2.05, 4.69) is 14.7 Å². The predicted molar refractivity (Wildman–Crippen MR) is 84.3 cm³/mol. The Kier molecular flexibility index (Phi) is 4.64. The summed E-state index contributed by atoms with van der Waals surface area (Å²) in [5.41, 5.74) is 0.836. The first-order chi connectivity index (χ1) is 12.0. The zero-order valence-corrected chi connectivity index (χ0v) is 12.8. The van der Waals surface area contributed by atoms with E-state index in [1.807, 2.05) is 0 Å². The Balaban J connectivity index is 2.04. The van der Waals surface area contributed by atoms with Gasteiger partial charge in [0.2, 0.25) is 0 Å². The Morgan fingerprint density at radius 1 is 1.28 bits per heavy atom. The van der Waals surface area contributed by atoms with E-state index in [0.29, 0.717) is 17.8 Å². The molecular weight excluding hydrogens is 334 g/mol. The first kappa shape index (κ1) is 16.5. The van der Waals surface area contributed by atoms with Gasteiger partial charge < -0.3 is 9.30 Å². The molecule has 0 aliphatic heterocycles. The Hall–Kier alpha value is -3.36. The Labute approximate surface area is 140 Å². The Morgan fingerprint density at radius 3 is 2.80 bits per heavy atom. The molecule has 3 rings (SSSR count). The van der Waals surface area contributed by atoms with Crippen LogP contribution in [-0.2, 0) is 6.54 Å². The molecule has 25 heavy (non-hydrogen) atoms. The second-order valence-electron chi connectivity index (χ2n) is 5.07. The molecule has 2 aromatic heterocycles. The molecule has 0 spiro atoms. The van der Waals surface area contributed by atoms with Crippen LogP contribution in [0, 0.1) is 10.1 Å². The first-order valence-electron chi connectivity index (χ1n) is 7.18. The van der Waals surface area contributed by atoms with Crippen LogP contribution in [0.25, 0.3) is 11.3 Å². The lowest BCUT2D eigenvalue weighted by Gasteiger charge is -2.12. The summed E-state index contributed by atoms with van der Waals surface area (Å²) in [6, 6.07) is 8.52. The lowest BCUT2D eigenvalue weighted by atomic mass is 10.1. The number of hydrogen-bond acceptors (Lipinski definition) is 5. The van der Waals surface area contributed by atoms with Crippen LogP contribution in [0.2, 0.25) is 0 Å². The van der Waals surface area contributed by atoms with Crippen LogP contribution in [-0.4, -0.2) is 26.1 Å². The van der Waals surface area contributed by atoms with Crippen LogP contribution < -0.4 is 4.74 Å². The van der Waals surface area contributed by atoms with Crippen LogP contribution in [0.15, 0.2) is 55.1 Å². The van der Waals surface area contributed by atoms with Gasteiger partial charge in [-0.25, -0.2) is 9.97 Å². The third-order valence-corrected chi connectivity index (χ3v) is 3.37. The molecule has 128 valence electrons. The quantitative estimate of drug-likeness (QED) is 0.504. The lowest BCUT2D eigenvalue weighted by Crippen LogP contribution is -2.06. The molecule has 0 saturated carbocycles. The largest absolute Gasteiger partial charge is 0.432 e. The summed E-state index contributed by atoms with van der Waals surface area (Å²) < 4.78 is 31.6. The van der Waals surface area contributed by atoms with Crippen molar-refractivity contribution in [1.29, 1.82) is 0 Å². The van der Waals surface area contributed by atoms with Gasteiger partial charge in [-0.1, -0.05) is 12.1 Å². The van der Waals surface area contributed by atoms with Crippen LogP contribution in [0.5, 0.6) is 5.75 Å². The number of aromatic nitrogens is 3. The topological polar surface area (TPSA) is 83.1 Å². The number of pyridine rings is 1. The SMILES string of the molecule is O=[N+]([O-])c1cccc(-c2nc(Cn3ccnc3)ccc2OC(F)F)c1. The molecule has 0 atom stereocenters. The molecule has 3 aromatic rings. The molecule has 7 nitrogen and oxygen atoms in total. The van der Waals surface area contributed by atoms with Gasteiger partial charge in [-0.15, -0.1) is 0 Å². The van der Waals surface area contributed by atoms with E-state index < -0.39 is 11.5 Å². The second-order valence-corrected chi connectivity index (χ2v) is 5.07. The van der Waals surface area contributed by atoms with Gasteiger partial charge in [-0.2, -0.15) is 8.78 Å². The number of hydrogen-bond donors (Lipinski definition) is 0. The number of non-ortho nitro benzene ring substituents is 1. The van der Waals surface area contributed by atoms with E-state index >= 15 is 0 Å². The molecule has 1 aromatic carbocycles. The highest BCUT2D eigenvalue weighted by molar-refractivity contribution is 5.68. The van der Waals surface area contributed by atoms with Gasteiger partial charge in [0.1, 0.15) is 5.69 Å². The molecule has 0 unspecified atom stereocenters. The van der Waals surface area contributed by atoms with Crippen molar-refractivity contribution in [2.45, 2.75) is 13.2 Å². The van der Waals surface area contributed by atoms with Crippen LogP contribution in [0.4, 0.5) is 14.5 Å². The lowest BCUT2D eigenvalue weighted by molar-refractivity contribution is -0.384. The zero-order valence-electron chi connectivity index (χ0n) is 12.8. The molecule has 2 heterocycles. The summed E-state index contributed by atoms with van der Waals surface area (Å²) in [5.74, 6) is -0.148. The van der Waals surface area contributed by atoms with E-state index in [1.165, 1.54) is 24.3 Å². The third-order valence-electron chi connectivity index (χ3n) is 3.37. The fourth-order valence-corrected chi connectivity index (χ4v) is 2.31. The van der Waals surface area contributed by atoms with Gasteiger partial charge in [0.25, 0.3) is 5.69 Å². The van der Waals surface area contributed by atoms with Crippen molar-refractivity contribution >= 4 is 5.69 Å². The number of nitro benzene ring substituents is 1. The van der Waals surface area contributed by atoms with E-state index in [1.54, 1.807) is 35.4 Å². The van der Waals surface area contributed by atoms with Gasteiger partial charge in [-0.3, -0.25) is 10.1 Å². The summed E-state index contributed by atoms with van der Waals surface area (Å²) in [5, 5.41) is 10.9. The van der Waals surface area contributed by atoms with Crippen LogP contribution in [0.1, 0.15) is 5.69 Å². The van der Waals surface area contributed by atoms with Crippen molar-refractivity contribution < 1.29 is 18.4 Å². The molecule has 0 amide bonds. The minimum Gasteiger partial charge on any atom is -0.432 e. The molecule has 0 N–H and O–H groups in total. The third kappa shape index (κ3) is 3.94. The molecule has 0 bridgehead atoms. The van der Waals surface area contributed by atoms with E-state index in [9.17, 15) is 18.9 Å². The fourth-order valence-electron chi connectivity index (χ4n) is 2.31. The zero-order chi connectivity index (χ0) is 17.8. The number of benzene rings is 1. The summed E-state index contributed by atoms with van der Waals surface area (Å²) in [6.45, 7) is -2.66. The first-order valence-corrected chi connectivity index (χ1v) is 7.18. The van der Waals surface area contributed by atoms with E-state index in [-0.39, 0.29) is 17.1 Å². The highest BCUT2D eigenvalue weighted by Gasteiger charge is 2.16. The molecule has 0 radical (unpaired) electrons. The van der Waals surface area contributed by atoms with Crippen molar-refractivity contribution in [3.8, 4) is 17.0 Å². The van der Waals surface area contributed by atoms with Gasteiger partial charge in [-0.05, 0) is 12.1 Å². The van der Waals surface area contributed by atoms with Gasteiger partial charge >= 0.3 is 6.61 Å². The normalized spacial score (nSPS) is 10.8. The molecule has 0 saturated heterocycles. The van der Waals surface area contributed by atoms with Crippen LogP contribution in [0.3, 0.4) is 0 Å². The minimum atomic E-state index is -3.03. The molecule has 0 fully saturated rings. The summed E-state index contributed by atoms with van der Waals surface area (Å²) in [6.07, 6.45) is 4.94. The van der Waals surface area contributed by atoms with Crippen LogP contribution >= 0.6 is 0 Å². The number of nitrogens with zero attached hydrogens (tertiary/aromatic N) is 4. The number of rotatable bonds is 6. The Morgan fingerprint density at radius 2 is 2.12 bits per heavy atom. The summed E-state index contributed by atoms with van der Waals surface area (Å²) >= 11 is 0. The van der Waals surface area contributed by atoms with Crippen molar-refractivity contribution in [2.24, 2.45) is 0 Å². The van der Waals surface area contributed by atoms with Crippen molar-refractivity contribution in [3.05, 3.63) is 70.9 Å². The maximum atomic E-state index is 12.7. The highest BCUT2D eigenvalue weighted by atomic mass is 19.3. The number of imidazole rings is 1. The minimum absolute atomic E-state index is 0.113. The van der Waals surface area contributed by atoms with Crippen molar-refractivity contribution in [2.75, 3.05) is 0 Å². The number of alkyl halides is 2. The standard InChI is InChI=1S/C16H12F2N4O3/c17-16(18)25-14-5-4-12(9-21-7-6-19-10-21)20-15(14)11-2-1-3-13(8-11)22(23)24/h1-8,10,16H,9H2. The molecule has 0 aliphatic rings. The van der Waals surface area contributed by atoms with E-state index in [0.717, 1.165) is 0 Å². The number of halogens is 2. The second kappa shape index (κ2) is 7.04. The van der Waals surface area contributed by atoms with E-state index in [4.69, 9.17) is 0 Å². The fraction of sp³-hybridized carbons (Fsp3) is 0.125. The monoisotopic (exact) mass is 346 g/mol. The summed E-state index contributed by atoms with van der Waals surface area (Å²) in [4.78, 5) is 18.7. The highest BCUT2D eigenvalue weighted by Crippen LogP contribution is 2.31. The maximum absolute atomic E-state index is 12.7. The van der Waals surface area contributed by atoms with Crippen molar-refractivity contribution in [1.82, 2.24) is 14.5 Å². The van der Waals surface area contributed by atoms with Crippen molar-refractivity contribution in [3.63, 3.8) is 0 Å². The maximum Gasteiger partial charge on any atom is 0.387 e. The van der Waals surface area contributed by atoms with Gasteiger partial charge in [0.05, 0.1) is 23.5 Å². The van der Waals surface area contributed by atoms with Gasteiger partial charge in [0, 0.05) is 30.1 Å². The summed E-state index contributed by atoms with van der Waals surface area (Å²) in [7, 11) is 0. The number of nitro groups is 1. The average Bonchev–Trinajstić information content (AvgIpc) is 3.09. The number of ether oxygens (including phenoxy) is 1. The molecular formula is C16H12F2N4O3. The smallest absolute Gasteiger partial charge is 0.387 e. The average molecular weight is 346 g/mol. The molecule has 9 heteroatoms.